The summed E-state index contributed by atoms with van der Waals surface area (Å²) in [6, 6.07) is 0.716. The zero-order chi connectivity index (χ0) is 15.2. The van der Waals surface area contributed by atoms with Crippen LogP contribution in [-0.2, 0) is 9.53 Å². The average Bonchev–Trinajstić information content (AvgIpc) is 2.47. The second-order valence-electron chi connectivity index (χ2n) is 6.79. The van der Waals surface area contributed by atoms with Crippen LogP contribution < -0.4 is 0 Å². The molecule has 2 aliphatic heterocycles. The minimum atomic E-state index is -0.0674. The third kappa shape index (κ3) is 5.87. The fourth-order valence-electron chi connectivity index (χ4n) is 3.16. The van der Waals surface area contributed by atoms with Gasteiger partial charge in [0.25, 0.3) is 0 Å². The van der Waals surface area contributed by atoms with Crippen molar-refractivity contribution in [1.29, 1.82) is 0 Å². The van der Waals surface area contributed by atoms with E-state index in [1.165, 1.54) is 38.8 Å². The van der Waals surface area contributed by atoms with Crippen LogP contribution in [0.1, 0.15) is 39.5 Å². The highest BCUT2D eigenvalue weighted by atomic mass is 79.9. The predicted octanol–water partition coefficient (Wildman–Crippen LogP) is 2.51. The zero-order valence-electron chi connectivity index (χ0n) is 13.4. The largest absolute Gasteiger partial charge is 0.464 e. The third-order valence-corrected chi connectivity index (χ3v) is 5.38. The quantitative estimate of drug-likeness (QED) is 0.557. The Morgan fingerprint density at radius 1 is 1.14 bits per heavy atom. The first-order chi connectivity index (χ1) is 10.0. The molecular weight excluding hydrogens is 332 g/mol. The lowest BCUT2D eigenvalue weighted by Crippen LogP contribution is -2.48. The van der Waals surface area contributed by atoms with Crippen molar-refractivity contribution in [3.05, 3.63) is 0 Å². The highest BCUT2D eigenvalue weighted by Gasteiger charge is 2.28. The molecule has 0 amide bonds. The summed E-state index contributed by atoms with van der Waals surface area (Å²) >= 11 is 3.71. The van der Waals surface area contributed by atoms with Gasteiger partial charge in [-0.15, -0.1) is 0 Å². The maximum Gasteiger partial charge on any atom is 0.320 e. The smallest absolute Gasteiger partial charge is 0.320 e. The molecule has 2 rings (SSSR count). The molecule has 0 bridgehead atoms. The number of rotatable bonds is 5. The molecule has 5 heteroatoms. The zero-order valence-corrected chi connectivity index (χ0v) is 15.0. The molecule has 2 aliphatic rings. The Morgan fingerprint density at radius 2 is 1.76 bits per heavy atom. The van der Waals surface area contributed by atoms with Crippen molar-refractivity contribution in [2.75, 3.05) is 39.3 Å². The van der Waals surface area contributed by atoms with E-state index in [-0.39, 0.29) is 5.97 Å². The normalized spacial score (nSPS) is 23.6. The summed E-state index contributed by atoms with van der Waals surface area (Å²) in [6.07, 6.45) is 4.90. The minimum Gasteiger partial charge on any atom is -0.464 e. The molecule has 0 aromatic rings. The van der Waals surface area contributed by atoms with Crippen molar-refractivity contribution in [2.45, 2.75) is 50.4 Å². The number of piperidine rings is 2. The molecule has 0 aromatic heterocycles. The molecular formula is C16H29BrN2O2. The monoisotopic (exact) mass is 360 g/mol. The van der Waals surface area contributed by atoms with Crippen molar-refractivity contribution in [3.8, 4) is 0 Å². The van der Waals surface area contributed by atoms with Gasteiger partial charge in [0.2, 0.25) is 0 Å². The SMILES string of the molecule is CC(C)COC(=O)CN1CCC(N2CCC(Br)CC2)CC1. The molecule has 0 aliphatic carbocycles. The number of hydrogen-bond donors (Lipinski definition) is 0. The lowest BCUT2D eigenvalue weighted by molar-refractivity contribution is -0.146. The summed E-state index contributed by atoms with van der Waals surface area (Å²) in [5.74, 6) is 0.347. The number of carbonyl (C=O) groups is 1. The molecule has 0 N–H and O–H groups in total. The maximum atomic E-state index is 11.8. The van der Waals surface area contributed by atoms with Gasteiger partial charge in [0.1, 0.15) is 0 Å². The predicted molar refractivity (Wildman–Crippen MR) is 88.8 cm³/mol. The van der Waals surface area contributed by atoms with Crippen LogP contribution in [0.4, 0.5) is 0 Å². The number of esters is 1. The van der Waals surface area contributed by atoms with Crippen LogP contribution in [0.15, 0.2) is 0 Å². The molecule has 0 saturated carbocycles. The number of carbonyl (C=O) groups excluding carboxylic acids is 1. The average molecular weight is 361 g/mol. The van der Waals surface area contributed by atoms with Gasteiger partial charge in [0, 0.05) is 24.0 Å². The Bertz CT molecular complexity index is 322. The van der Waals surface area contributed by atoms with E-state index in [0.717, 1.165) is 13.1 Å². The summed E-state index contributed by atoms with van der Waals surface area (Å²) < 4.78 is 5.26. The molecule has 2 fully saturated rings. The van der Waals surface area contributed by atoms with Crippen LogP contribution in [0.2, 0.25) is 0 Å². The van der Waals surface area contributed by atoms with Gasteiger partial charge in [-0.2, -0.15) is 0 Å². The van der Waals surface area contributed by atoms with Crippen molar-refractivity contribution in [1.82, 2.24) is 9.80 Å². The summed E-state index contributed by atoms with van der Waals surface area (Å²) in [7, 11) is 0. The Hall–Kier alpha value is -0.130. The van der Waals surface area contributed by atoms with Crippen LogP contribution in [0.25, 0.3) is 0 Å². The van der Waals surface area contributed by atoms with Gasteiger partial charge in [0.05, 0.1) is 13.2 Å². The van der Waals surface area contributed by atoms with Gasteiger partial charge < -0.3 is 9.64 Å². The molecule has 0 spiro atoms. The number of halogens is 1. The van der Waals surface area contributed by atoms with E-state index in [1.807, 2.05) is 0 Å². The van der Waals surface area contributed by atoms with E-state index in [9.17, 15) is 4.79 Å². The fraction of sp³-hybridized carbons (Fsp3) is 0.938. The maximum absolute atomic E-state index is 11.8. The number of alkyl halides is 1. The van der Waals surface area contributed by atoms with E-state index in [1.54, 1.807) is 0 Å². The third-order valence-electron chi connectivity index (χ3n) is 4.46. The van der Waals surface area contributed by atoms with E-state index in [0.29, 0.717) is 29.9 Å². The molecule has 21 heavy (non-hydrogen) atoms. The highest BCUT2D eigenvalue weighted by Crippen LogP contribution is 2.23. The van der Waals surface area contributed by atoms with Crippen LogP contribution >= 0.6 is 15.9 Å². The lowest BCUT2D eigenvalue weighted by atomic mass is 10.00. The summed E-state index contributed by atoms with van der Waals surface area (Å²) in [5, 5.41) is 0. The van der Waals surface area contributed by atoms with Crippen LogP contribution in [0.5, 0.6) is 0 Å². The number of likely N-dealkylation sites (tertiary alicyclic amines) is 2. The number of ether oxygens (including phenoxy) is 1. The van der Waals surface area contributed by atoms with Crippen molar-refractivity contribution in [2.24, 2.45) is 5.92 Å². The van der Waals surface area contributed by atoms with E-state index >= 15 is 0 Å². The van der Waals surface area contributed by atoms with E-state index in [2.05, 4.69) is 39.6 Å². The van der Waals surface area contributed by atoms with Crippen molar-refractivity contribution < 1.29 is 9.53 Å². The second-order valence-corrected chi connectivity index (χ2v) is 8.09. The fourth-order valence-corrected chi connectivity index (χ4v) is 3.57. The lowest BCUT2D eigenvalue weighted by Gasteiger charge is -2.40. The Morgan fingerprint density at radius 3 is 2.33 bits per heavy atom. The highest BCUT2D eigenvalue weighted by molar-refractivity contribution is 9.09. The first-order valence-electron chi connectivity index (χ1n) is 8.30. The van der Waals surface area contributed by atoms with Gasteiger partial charge >= 0.3 is 5.97 Å². The molecule has 0 radical (unpaired) electrons. The Kier molecular flexibility index (Phi) is 6.96. The number of hydrogen-bond acceptors (Lipinski definition) is 4. The minimum absolute atomic E-state index is 0.0674. The van der Waals surface area contributed by atoms with Gasteiger partial charge in [0.15, 0.2) is 0 Å². The molecule has 122 valence electrons. The first kappa shape index (κ1) is 17.2. The van der Waals surface area contributed by atoms with Crippen LogP contribution in [0.3, 0.4) is 0 Å². The molecule has 0 aromatic carbocycles. The topological polar surface area (TPSA) is 32.8 Å². The molecule has 2 saturated heterocycles. The van der Waals surface area contributed by atoms with Crippen LogP contribution in [0, 0.1) is 5.92 Å². The van der Waals surface area contributed by atoms with Gasteiger partial charge in [-0.1, -0.05) is 29.8 Å². The van der Waals surface area contributed by atoms with Crippen molar-refractivity contribution >= 4 is 21.9 Å². The number of nitrogens with zero attached hydrogens (tertiary/aromatic N) is 2. The van der Waals surface area contributed by atoms with E-state index < -0.39 is 0 Å². The summed E-state index contributed by atoms with van der Waals surface area (Å²) in [4.78, 5) is 17.4. The van der Waals surface area contributed by atoms with E-state index in [4.69, 9.17) is 4.74 Å². The second kappa shape index (κ2) is 8.49. The standard InChI is InChI=1S/C16H29BrN2O2/c1-13(2)12-21-16(20)11-18-7-5-15(6-8-18)19-9-3-14(17)4-10-19/h13-15H,3-12H2,1-2H3. The molecule has 0 atom stereocenters. The first-order valence-corrected chi connectivity index (χ1v) is 9.22. The van der Waals surface area contributed by atoms with Gasteiger partial charge in [-0.25, -0.2) is 0 Å². The Balaban J connectivity index is 1.65. The van der Waals surface area contributed by atoms with Gasteiger partial charge in [-0.3, -0.25) is 9.69 Å². The van der Waals surface area contributed by atoms with Gasteiger partial charge in [-0.05, 0) is 44.7 Å². The molecule has 4 nitrogen and oxygen atoms in total. The summed E-state index contributed by atoms with van der Waals surface area (Å²) in [5.41, 5.74) is 0. The molecule has 0 unspecified atom stereocenters. The van der Waals surface area contributed by atoms with Crippen LogP contribution in [-0.4, -0.2) is 66.0 Å². The summed E-state index contributed by atoms with van der Waals surface area (Å²) in [6.45, 7) is 9.61. The Labute approximate surface area is 137 Å². The van der Waals surface area contributed by atoms with Crippen molar-refractivity contribution in [3.63, 3.8) is 0 Å². The molecule has 2 heterocycles.